The average molecular weight is 333 g/mol. The summed E-state index contributed by atoms with van der Waals surface area (Å²) in [7, 11) is 1.40. The van der Waals surface area contributed by atoms with Crippen LogP contribution in [-0.4, -0.2) is 32.7 Å². The van der Waals surface area contributed by atoms with Gasteiger partial charge in [-0.2, -0.15) is 0 Å². The van der Waals surface area contributed by atoms with E-state index in [1.165, 1.54) is 24.3 Å². The summed E-state index contributed by atoms with van der Waals surface area (Å²) < 4.78 is 33.6. The second kappa shape index (κ2) is 6.34. The van der Waals surface area contributed by atoms with E-state index in [0.29, 0.717) is 12.8 Å². The number of rotatable bonds is 3. The lowest BCUT2D eigenvalue weighted by Crippen LogP contribution is -2.35. The first-order valence-corrected chi connectivity index (χ1v) is 8.98. The molecule has 0 saturated carbocycles. The maximum Gasteiger partial charge on any atom is 0.338 e. The van der Waals surface area contributed by atoms with Crippen LogP contribution in [0.5, 0.6) is 0 Å². The highest BCUT2D eigenvalue weighted by molar-refractivity contribution is 8.13. The van der Waals surface area contributed by atoms with Crippen LogP contribution in [0.2, 0.25) is 0 Å². The molecule has 0 amide bonds. The number of carbonyl (C=O) groups is 1. The number of ether oxygens (including phenoxy) is 2. The van der Waals surface area contributed by atoms with Crippen LogP contribution in [0.25, 0.3) is 0 Å². The van der Waals surface area contributed by atoms with Gasteiger partial charge >= 0.3 is 5.97 Å². The quantitative estimate of drug-likeness (QED) is 0.628. The van der Waals surface area contributed by atoms with E-state index in [9.17, 15) is 13.2 Å². The Balaban J connectivity index is 2.10. The van der Waals surface area contributed by atoms with Crippen LogP contribution in [0.4, 0.5) is 0 Å². The highest BCUT2D eigenvalue weighted by Gasteiger charge is 2.27. The van der Waals surface area contributed by atoms with Crippen LogP contribution in [0.15, 0.2) is 29.2 Å². The Morgan fingerprint density at radius 2 is 1.90 bits per heavy atom. The zero-order valence-electron chi connectivity index (χ0n) is 11.8. The molecule has 0 spiro atoms. The number of halogens is 1. The number of carbonyl (C=O) groups excluding carboxylic acids is 1. The molecule has 2 rings (SSSR count). The Labute approximate surface area is 128 Å². The summed E-state index contributed by atoms with van der Waals surface area (Å²) in [5.41, 5.74) is 0.170. The van der Waals surface area contributed by atoms with Crippen molar-refractivity contribution in [2.45, 2.75) is 49.9 Å². The third-order valence-corrected chi connectivity index (χ3v) is 4.63. The molecule has 21 heavy (non-hydrogen) atoms. The van der Waals surface area contributed by atoms with Crippen molar-refractivity contribution in [2.24, 2.45) is 0 Å². The minimum atomic E-state index is -3.87. The maximum atomic E-state index is 12.1. The Morgan fingerprint density at radius 1 is 1.29 bits per heavy atom. The summed E-state index contributed by atoms with van der Waals surface area (Å²) in [5.74, 6) is -0.552. The molecule has 7 heteroatoms. The molecule has 1 aromatic carbocycles. The smallest absolute Gasteiger partial charge is 0.338 e. The molecule has 1 aliphatic heterocycles. The molecule has 2 atom stereocenters. The molecule has 1 aliphatic rings. The van der Waals surface area contributed by atoms with Gasteiger partial charge in [0.2, 0.25) is 0 Å². The van der Waals surface area contributed by atoms with Gasteiger partial charge in [0.15, 0.2) is 0 Å². The Kier molecular flexibility index (Phi) is 4.91. The molecule has 0 N–H and O–H groups in total. The molecule has 2 unspecified atom stereocenters. The summed E-state index contributed by atoms with van der Waals surface area (Å²) >= 11 is 0. The standard InChI is InChI=1S/C14H17ClO5S/c1-9-6-12(7-10(2)19-9)20-14(16)11-4-3-5-13(8-11)21(15,17)18/h3-5,8-10,12H,6-7H2,1-2H3. The summed E-state index contributed by atoms with van der Waals surface area (Å²) in [6, 6.07) is 5.51. The van der Waals surface area contributed by atoms with Crippen LogP contribution < -0.4 is 0 Å². The van der Waals surface area contributed by atoms with E-state index in [4.69, 9.17) is 20.2 Å². The van der Waals surface area contributed by atoms with Crippen molar-refractivity contribution in [1.82, 2.24) is 0 Å². The van der Waals surface area contributed by atoms with Crippen molar-refractivity contribution in [3.05, 3.63) is 29.8 Å². The molecule has 0 aliphatic carbocycles. The van der Waals surface area contributed by atoms with Gasteiger partial charge in [0.25, 0.3) is 9.05 Å². The van der Waals surface area contributed by atoms with Crippen LogP contribution in [-0.2, 0) is 18.5 Å². The third kappa shape index (κ3) is 4.43. The van der Waals surface area contributed by atoms with Gasteiger partial charge < -0.3 is 9.47 Å². The predicted molar refractivity (Wildman–Crippen MR) is 77.9 cm³/mol. The molecule has 0 bridgehead atoms. The van der Waals surface area contributed by atoms with Crippen LogP contribution in [0.1, 0.15) is 37.0 Å². The zero-order chi connectivity index (χ0) is 15.6. The first-order chi connectivity index (χ1) is 9.75. The molecule has 0 aromatic heterocycles. The van der Waals surface area contributed by atoms with Crippen LogP contribution >= 0.6 is 10.7 Å². The van der Waals surface area contributed by atoms with Gasteiger partial charge in [0.05, 0.1) is 22.7 Å². The second-order valence-corrected chi connectivity index (χ2v) is 7.79. The summed E-state index contributed by atoms with van der Waals surface area (Å²) in [5, 5.41) is 0. The molecular formula is C14H17ClO5S. The fourth-order valence-corrected chi connectivity index (χ4v) is 3.23. The van der Waals surface area contributed by atoms with Crippen molar-refractivity contribution in [2.75, 3.05) is 0 Å². The first-order valence-electron chi connectivity index (χ1n) is 6.67. The molecule has 0 radical (unpaired) electrons. The fraction of sp³-hybridized carbons (Fsp3) is 0.500. The van der Waals surface area contributed by atoms with Crippen molar-refractivity contribution in [3.63, 3.8) is 0 Å². The SMILES string of the molecule is CC1CC(OC(=O)c2cccc(S(=O)(=O)Cl)c2)CC(C)O1. The minimum absolute atomic E-state index is 0.0288. The van der Waals surface area contributed by atoms with Gasteiger partial charge in [-0.15, -0.1) is 0 Å². The number of hydrogen-bond acceptors (Lipinski definition) is 5. The fourth-order valence-electron chi connectivity index (χ4n) is 2.43. The second-order valence-electron chi connectivity index (χ2n) is 5.22. The van der Waals surface area contributed by atoms with Crippen molar-refractivity contribution in [1.29, 1.82) is 0 Å². The van der Waals surface area contributed by atoms with Crippen molar-refractivity contribution in [3.8, 4) is 0 Å². The summed E-state index contributed by atoms with van der Waals surface area (Å²) in [6.45, 7) is 3.86. The molecule has 1 aromatic rings. The Hall–Kier alpha value is -1.11. The normalized spacial score (nSPS) is 26.3. The highest BCUT2D eigenvalue weighted by Crippen LogP contribution is 2.23. The summed E-state index contributed by atoms with van der Waals surface area (Å²) in [6.07, 6.45) is 1.09. The molecule has 5 nitrogen and oxygen atoms in total. The maximum absolute atomic E-state index is 12.1. The van der Waals surface area contributed by atoms with E-state index >= 15 is 0 Å². The van der Waals surface area contributed by atoms with Crippen molar-refractivity contribution < 1.29 is 22.7 Å². The van der Waals surface area contributed by atoms with Gasteiger partial charge in [0, 0.05) is 23.5 Å². The topological polar surface area (TPSA) is 69.7 Å². The first kappa shape index (κ1) is 16.3. The van der Waals surface area contributed by atoms with Crippen LogP contribution in [0.3, 0.4) is 0 Å². The number of benzene rings is 1. The monoisotopic (exact) mass is 332 g/mol. The van der Waals surface area contributed by atoms with Gasteiger partial charge in [-0.1, -0.05) is 6.07 Å². The molecule has 116 valence electrons. The van der Waals surface area contributed by atoms with Crippen molar-refractivity contribution >= 4 is 25.7 Å². The largest absolute Gasteiger partial charge is 0.459 e. The van der Waals surface area contributed by atoms with E-state index in [2.05, 4.69) is 0 Å². The molecule has 1 fully saturated rings. The number of hydrogen-bond donors (Lipinski definition) is 0. The Bertz CT molecular complexity index is 618. The Morgan fingerprint density at radius 3 is 2.48 bits per heavy atom. The van der Waals surface area contributed by atoms with E-state index in [0.717, 1.165) is 0 Å². The van der Waals surface area contributed by atoms with E-state index in [1.54, 1.807) is 0 Å². The highest BCUT2D eigenvalue weighted by atomic mass is 35.7. The van der Waals surface area contributed by atoms with E-state index in [-0.39, 0.29) is 28.8 Å². The number of esters is 1. The zero-order valence-corrected chi connectivity index (χ0v) is 13.4. The van der Waals surface area contributed by atoms with Gasteiger partial charge in [-0.3, -0.25) is 0 Å². The van der Waals surface area contributed by atoms with Gasteiger partial charge in [-0.25, -0.2) is 13.2 Å². The van der Waals surface area contributed by atoms with Gasteiger partial charge in [0.1, 0.15) is 6.10 Å². The van der Waals surface area contributed by atoms with E-state index < -0.39 is 15.0 Å². The predicted octanol–water partition coefficient (Wildman–Crippen LogP) is 2.73. The lowest BCUT2D eigenvalue weighted by Gasteiger charge is -2.31. The third-order valence-electron chi connectivity index (χ3n) is 3.28. The molecule has 1 saturated heterocycles. The minimum Gasteiger partial charge on any atom is -0.459 e. The van der Waals surface area contributed by atoms with E-state index in [1.807, 2.05) is 13.8 Å². The molecule has 1 heterocycles. The lowest BCUT2D eigenvalue weighted by atomic mass is 10.0. The van der Waals surface area contributed by atoms with Crippen LogP contribution in [0, 0.1) is 0 Å². The van der Waals surface area contributed by atoms with Gasteiger partial charge in [-0.05, 0) is 32.0 Å². The average Bonchev–Trinajstić information content (AvgIpc) is 2.36. The molecular weight excluding hydrogens is 316 g/mol. The summed E-state index contributed by atoms with van der Waals surface area (Å²) in [4.78, 5) is 12.0. The lowest BCUT2D eigenvalue weighted by molar-refractivity contribution is -0.0855.